The van der Waals surface area contributed by atoms with Gasteiger partial charge in [0.15, 0.2) is 0 Å². The zero-order valence-corrected chi connectivity index (χ0v) is 9.53. The smallest absolute Gasteiger partial charge is 0.129 e. The summed E-state index contributed by atoms with van der Waals surface area (Å²) in [5.41, 5.74) is 0. The molecule has 1 heterocycles. The van der Waals surface area contributed by atoms with E-state index in [-0.39, 0.29) is 0 Å². The van der Waals surface area contributed by atoms with Crippen LogP contribution in [0.3, 0.4) is 0 Å². The quantitative estimate of drug-likeness (QED) is 0.783. The second kappa shape index (κ2) is 4.99. The van der Waals surface area contributed by atoms with Crippen LogP contribution in [0, 0.1) is 0 Å². The molecule has 2 nitrogen and oxygen atoms in total. The molecular weight excluding hydrogens is 222 g/mol. The first kappa shape index (κ1) is 11.0. The number of rotatable bonds is 4. The van der Waals surface area contributed by atoms with Gasteiger partial charge in [0.05, 0.1) is 0 Å². The predicted molar refractivity (Wildman–Crippen MR) is 62.3 cm³/mol. The molecule has 70 valence electrons. The van der Waals surface area contributed by atoms with Gasteiger partial charge >= 0.3 is 0 Å². The molecule has 0 bridgehead atoms. The van der Waals surface area contributed by atoms with Crippen LogP contribution >= 0.6 is 27.7 Å². The molecule has 2 atom stereocenters. The molecule has 0 spiro atoms. The fraction of sp³-hybridized carbons (Fsp3) is 0.250. The Balaban J connectivity index is 2.85. The summed E-state index contributed by atoms with van der Waals surface area (Å²) in [7, 11) is 1.36. The molecule has 0 aliphatic rings. The van der Waals surface area contributed by atoms with Crippen molar-refractivity contribution >= 4 is 40.3 Å². The van der Waals surface area contributed by atoms with Crippen LogP contribution in [0.15, 0.2) is 12.1 Å². The number of hydrogen-bond donors (Lipinski definition) is 2. The lowest BCUT2D eigenvalue weighted by Gasteiger charge is -2.00. The monoisotopic (exact) mass is 232 g/mol. The van der Waals surface area contributed by atoms with Crippen LogP contribution in [0.1, 0.15) is 21.4 Å². The standard InChI is InChI=1S/C8H10O2P2S/c1-11-7(9)5-3-4-6(13-5)8(10)12-2/h3-4,7-10H,1-2H2. The van der Waals surface area contributed by atoms with Gasteiger partial charge in [0.25, 0.3) is 0 Å². The Labute approximate surface area is 84.5 Å². The lowest BCUT2D eigenvalue weighted by atomic mass is 10.4. The number of hydrogen-bond acceptors (Lipinski definition) is 3. The normalized spacial score (nSPS) is 16.2. The Morgan fingerprint density at radius 1 is 1.08 bits per heavy atom. The molecule has 0 radical (unpaired) electrons. The van der Waals surface area contributed by atoms with Crippen molar-refractivity contribution in [2.75, 3.05) is 0 Å². The van der Waals surface area contributed by atoms with Gasteiger partial charge in [-0.05, 0) is 12.1 Å². The largest absolute Gasteiger partial charge is 0.379 e. The molecule has 13 heavy (non-hydrogen) atoms. The van der Waals surface area contributed by atoms with E-state index in [9.17, 15) is 10.2 Å². The summed E-state index contributed by atoms with van der Waals surface area (Å²) >= 11 is 1.40. The van der Waals surface area contributed by atoms with Crippen molar-refractivity contribution in [3.05, 3.63) is 21.9 Å². The Hall–Kier alpha value is -0.0400. The third-order valence-electron chi connectivity index (χ3n) is 1.50. The fourth-order valence-corrected chi connectivity index (χ4v) is 2.88. The maximum Gasteiger partial charge on any atom is 0.129 e. The van der Waals surface area contributed by atoms with E-state index in [1.807, 2.05) is 12.1 Å². The molecule has 0 saturated carbocycles. The maximum absolute atomic E-state index is 9.43. The van der Waals surface area contributed by atoms with Gasteiger partial charge in [-0.15, -0.1) is 11.3 Å². The summed E-state index contributed by atoms with van der Waals surface area (Å²) < 4.78 is 0. The first-order valence-corrected chi connectivity index (χ1v) is 6.68. The van der Waals surface area contributed by atoms with Gasteiger partial charge in [-0.3, -0.25) is 0 Å². The van der Waals surface area contributed by atoms with Gasteiger partial charge in [0.2, 0.25) is 0 Å². The van der Waals surface area contributed by atoms with Crippen molar-refractivity contribution in [3.8, 4) is 0 Å². The molecule has 0 saturated heterocycles. The van der Waals surface area contributed by atoms with Gasteiger partial charge in [-0.1, -0.05) is 29.0 Å². The first-order chi connectivity index (χ1) is 6.19. The zero-order valence-electron chi connectivity index (χ0n) is 6.92. The van der Waals surface area contributed by atoms with Gasteiger partial charge in [-0.25, -0.2) is 0 Å². The van der Waals surface area contributed by atoms with Crippen molar-refractivity contribution in [1.29, 1.82) is 0 Å². The van der Waals surface area contributed by atoms with Crippen molar-refractivity contribution in [3.63, 3.8) is 0 Å². The van der Waals surface area contributed by atoms with Crippen LogP contribution in [0.5, 0.6) is 0 Å². The third kappa shape index (κ3) is 2.70. The number of aliphatic hydroxyl groups is 2. The Morgan fingerprint density at radius 2 is 1.46 bits per heavy atom. The Morgan fingerprint density at radius 3 is 1.77 bits per heavy atom. The molecule has 1 rings (SSSR count). The molecule has 1 aromatic rings. The fourth-order valence-electron chi connectivity index (χ4n) is 0.826. The third-order valence-corrected chi connectivity index (χ3v) is 4.29. The van der Waals surface area contributed by atoms with E-state index in [2.05, 4.69) is 12.6 Å². The maximum atomic E-state index is 9.43. The highest BCUT2D eigenvalue weighted by atomic mass is 32.1. The van der Waals surface area contributed by atoms with Gasteiger partial charge < -0.3 is 10.2 Å². The van der Waals surface area contributed by atoms with Crippen molar-refractivity contribution in [1.82, 2.24) is 0 Å². The van der Waals surface area contributed by atoms with Crippen molar-refractivity contribution in [2.45, 2.75) is 11.7 Å². The lowest BCUT2D eigenvalue weighted by molar-refractivity contribution is 0.272. The van der Waals surface area contributed by atoms with Crippen molar-refractivity contribution in [2.24, 2.45) is 0 Å². The summed E-state index contributed by atoms with van der Waals surface area (Å²) in [6.45, 7) is 0. The molecule has 1 aromatic heterocycles. The summed E-state index contributed by atoms with van der Waals surface area (Å²) in [6, 6.07) is 3.63. The van der Waals surface area contributed by atoms with E-state index in [4.69, 9.17) is 0 Å². The molecule has 5 heteroatoms. The highest BCUT2D eigenvalue weighted by molar-refractivity contribution is 7.38. The highest BCUT2D eigenvalue weighted by Crippen LogP contribution is 2.35. The van der Waals surface area contributed by atoms with Gasteiger partial charge in [0.1, 0.15) is 11.7 Å². The van der Waals surface area contributed by atoms with Crippen LogP contribution in [0.2, 0.25) is 0 Å². The van der Waals surface area contributed by atoms with E-state index in [0.29, 0.717) is 16.4 Å². The molecule has 0 amide bonds. The van der Waals surface area contributed by atoms with Gasteiger partial charge in [-0.2, -0.15) is 0 Å². The van der Waals surface area contributed by atoms with E-state index < -0.39 is 11.7 Å². The Bertz CT molecular complexity index is 282. The average molecular weight is 232 g/mol. The summed E-state index contributed by atoms with van der Waals surface area (Å²) in [6.07, 6.45) is 7.18. The minimum absolute atomic E-state index is 0.535. The van der Waals surface area contributed by atoms with Crippen LogP contribution in [0.25, 0.3) is 0 Å². The number of aliphatic hydroxyl groups excluding tert-OH is 2. The molecule has 0 aromatic carbocycles. The summed E-state index contributed by atoms with van der Waals surface area (Å²) in [5.74, 6) is -1.07. The minimum atomic E-state index is -0.535. The van der Waals surface area contributed by atoms with E-state index in [1.54, 1.807) is 0 Å². The first-order valence-electron chi connectivity index (χ1n) is 3.56. The summed E-state index contributed by atoms with van der Waals surface area (Å²) in [4.78, 5) is 1.68. The molecular formula is C8H10O2P2S. The zero-order chi connectivity index (χ0) is 9.84. The van der Waals surface area contributed by atoms with Crippen LogP contribution < -0.4 is 0 Å². The molecule has 0 aliphatic carbocycles. The molecule has 2 N–H and O–H groups in total. The van der Waals surface area contributed by atoms with E-state index >= 15 is 0 Å². The SMILES string of the molecule is C=PC(O)c1ccc(C(O)P=C)s1. The Kier molecular flexibility index (Phi) is 4.24. The predicted octanol–water partition coefficient (Wildman–Crippen LogP) is 2.49. The molecule has 2 unspecified atom stereocenters. The lowest BCUT2D eigenvalue weighted by Crippen LogP contribution is -1.82. The van der Waals surface area contributed by atoms with Crippen molar-refractivity contribution < 1.29 is 10.2 Å². The van der Waals surface area contributed by atoms with Crippen LogP contribution in [-0.2, 0) is 0 Å². The average Bonchev–Trinajstić information content (AvgIpc) is 2.64. The summed E-state index contributed by atoms with van der Waals surface area (Å²) in [5, 5.41) is 18.9. The topological polar surface area (TPSA) is 40.5 Å². The molecule has 0 aliphatic heterocycles. The highest BCUT2D eigenvalue weighted by Gasteiger charge is 2.10. The second-order valence-corrected chi connectivity index (χ2v) is 5.21. The van der Waals surface area contributed by atoms with Crippen LogP contribution in [0.4, 0.5) is 0 Å². The van der Waals surface area contributed by atoms with Gasteiger partial charge in [0, 0.05) is 9.75 Å². The molecule has 0 fully saturated rings. The van der Waals surface area contributed by atoms with Crippen LogP contribution in [-0.4, -0.2) is 22.8 Å². The second-order valence-electron chi connectivity index (χ2n) is 2.35. The minimum Gasteiger partial charge on any atom is -0.379 e. The van der Waals surface area contributed by atoms with E-state index in [1.165, 1.54) is 11.3 Å². The van der Waals surface area contributed by atoms with E-state index in [0.717, 1.165) is 9.75 Å². The number of thiophene rings is 1.